The molecular weight excluding hydrogens is 240 g/mol. The van der Waals surface area contributed by atoms with E-state index in [1.807, 2.05) is 23.1 Å². The Kier molecular flexibility index (Phi) is 4.53. The third-order valence-corrected chi connectivity index (χ3v) is 3.89. The average molecular weight is 262 g/mol. The number of carboxylic acid groups (broad SMARTS) is 1. The summed E-state index contributed by atoms with van der Waals surface area (Å²) in [5.74, 6) is -0.766. The molecule has 0 unspecified atom stereocenters. The summed E-state index contributed by atoms with van der Waals surface area (Å²) in [6, 6.07) is 5.77. The lowest BCUT2D eigenvalue weighted by atomic mass is 9.88. The number of hydrogen-bond acceptors (Lipinski definition) is 3. The van der Waals surface area contributed by atoms with E-state index in [0.717, 1.165) is 12.2 Å². The molecule has 0 aromatic carbocycles. The average Bonchev–Trinajstić information content (AvgIpc) is 2.76. The highest BCUT2D eigenvalue weighted by molar-refractivity contribution is 5.69. The van der Waals surface area contributed by atoms with E-state index in [4.69, 9.17) is 5.11 Å². The van der Waals surface area contributed by atoms with Gasteiger partial charge in [-0.05, 0) is 30.4 Å². The van der Waals surface area contributed by atoms with Crippen LogP contribution in [0.15, 0.2) is 24.4 Å². The maximum absolute atomic E-state index is 11.0. The first-order chi connectivity index (χ1) is 9.07. The van der Waals surface area contributed by atoms with E-state index >= 15 is 0 Å². The molecule has 1 aliphatic carbocycles. The zero-order valence-electron chi connectivity index (χ0n) is 11.5. The molecule has 1 aliphatic rings. The van der Waals surface area contributed by atoms with Crippen molar-refractivity contribution in [2.24, 2.45) is 5.41 Å². The Morgan fingerprint density at radius 2 is 2.16 bits per heavy atom. The predicted molar refractivity (Wildman–Crippen MR) is 73.7 cm³/mol. The summed E-state index contributed by atoms with van der Waals surface area (Å²) >= 11 is 0. The Morgan fingerprint density at radius 1 is 1.42 bits per heavy atom. The first kappa shape index (κ1) is 14.0. The van der Waals surface area contributed by atoms with Gasteiger partial charge in [-0.15, -0.1) is 0 Å². The molecule has 2 rings (SSSR count). The molecular formula is C15H22N2O2. The summed E-state index contributed by atoms with van der Waals surface area (Å²) in [5, 5.41) is 9.06. The lowest BCUT2D eigenvalue weighted by molar-refractivity contribution is -0.138. The van der Waals surface area contributed by atoms with Gasteiger partial charge in [0.2, 0.25) is 0 Å². The van der Waals surface area contributed by atoms with Gasteiger partial charge in [0.05, 0.1) is 12.2 Å². The number of carbonyl (C=O) groups is 1. The van der Waals surface area contributed by atoms with E-state index < -0.39 is 5.97 Å². The molecule has 0 radical (unpaired) electrons. The van der Waals surface area contributed by atoms with Crippen LogP contribution in [0, 0.1) is 5.41 Å². The molecule has 104 valence electrons. The van der Waals surface area contributed by atoms with Crippen molar-refractivity contribution < 1.29 is 9.90 Å². The minimum absolute atomic E-state index is 0.0894. The molecule has 4 nitrogen and oxygen atoms in total. The van der Waals surface area contributed by atoms with E-state index in [9.17, 15) is 4.79 Å². The SMILES string of the molecule is CC1(CN(CC(=O)O)Cc2ccccn2)CCCC1. The fraction of sp³-hybridized carbons (Fsp3) is 0.600. The highest BCUT2D eigenvalue weighted by Gasteiger charge is 2.31. The molecule has 1 heterocycles. The van der Waals surface area contributed by atoms with Crippen LogP contribution in [-0.2, 0) is 11.3 Å². The van der Waals surface area contributed by atoms with Crippen LogP contribution in [0.4, 0.5) is 0 Å². The lowest BCUT2D eigenvalue weighted by Gasteiger charge is -2.31. The van der Waals surface area contributed by atoms with E-state index in [2.05, 4.69) is 11.9 Å². The van der Waals surface area contributed by atoms with Crippen LogP contribution in [-0.4, -0.2) is 34.0 Å². The van der Waals surface area contributed by atoms with Crippen LogP contribution in [0.5, 0.6) is 0 Å². The van der Waals surface area contributed by atoms with Gasteiger partial charge >= 0.3 is 5.97 Å². The van der Waals surface area contributed by atoms with Crippen LogP contribution in [0.3, 0.4) is 0 Å². The molecule has 0 amide bonds. The van der Waals surface area contributed by atoms with Crippen molar-refractivity contribution in [2.45, 2.75) is 39.2 Å². The van der Waals surface area contributed by atoms with E-state index in [1.54, 1.807) is 6.20 Å². The maximum Gasteiger partial charge on any atom is 0.317 e. The second-order valence-corrected chi connectivity index (χ2v) is 5.88. The zero-order chi connectivity index (χ0) is 13.7. The predicted octanol–water partition coefficient (Wildman–Crippen LogP) is 2.55. The first-order valence-electron chi connectivity index (χ1n) is 6.91. The van der Waals surface area contributed by atoms with E-state index in [1.165, 1.54) is 25.7 Å². The quantitative estimate of drug-likeness (QED) is 0.856. The number of nitrogens with zero attached hydrogens (tertiary/aromatic N) is 2. The standard InChI is InChI=1S/C15H22N2O2/c1-15(7-3-4-8-15)12-17(11-14(18)19)10-13-6-2-5-9-16-13/h2,5-6,9H,3-4,7-8,10-12H2,1H3,(H,18,19). The number of aliphatic carboxylic acids is 1. The normalized spacial score (nSPS) is 17.8. The molecule has 4 heteroatoms. The van der Waals surface area contributed by atoms with Crippen molar-refractivity contribution in [3.63, 3.8) is 0 Å². The monoisotopic (exact) mass is 262 g/mol. The Balaban J connectivity index is 2.01. The molecule has 0 atom stereocenters. The summed E-state index contributed by atoms with van der Waals surface area (Å²) in [7, 11) is 0. The molecule has 1 fully saturated rings. The Bertz CT molecular complexity index is 413. The minimum Gasteiger partial charge on any atom is -0.480 e. The second kappa shape index (κ2) is 6.15. The summed E-state index contributed by atoms with van der Waals surface area (Å²) in [6.07, 6.45) is 6.68. The van der Waals surface area contributed by atoms with Gasteiger partial charge in [0.1, 0.15) is 0 Å². The fourth-order valence-electron chi connectivity index (χ4n) is 3.01. The van der Waals surface area contributed by atoms with Crippen LogP contribution in [0.2, 0.25) is 0 Å². The van der Waals surface area contributed by atoms with Gasteiger partial charge in [-0.25, -0.2) is 0 Å². The number of carboxylic acids is 1. The minimum atomic E-state index is -0.766. The topological polar surface area (TPSA) is 53.4 Å². The Hall–Kier alpha value is -1.42. The van der Waals surface area contributed by atoms with Crippen LogP contribution < -0.4 is 0 Å². The van der Waals surface area contributed by atoms with Crippen molar-refractivity contribution in [1.82, 2.24) is 9.88 Å². The summed E-state index contributed by atoms with van der Waals surface area (Å²) in [4.78, 5) is 17.3. The highest BCUT2D eigenvalue weighted by Crippen LogP contribution is 2.38. The third kappa shape index (κ3) is 4.31. The maximum atomic E-state index is 11.0. The van der Waals surface area contributed by atoms with E-state index in [0.29, 0.717) is 6.54 Å². The number of rotatable bonds is 6. The smallest absolute Gasteiger partial charge is 0.317 e. The molecule has 0 aliphatic heterocycles. The molecule has 1 aromatic heterocycles. The van der Waals surface area contributed by atoms with Crippen LogP contribution in [0.25, 0.3) is 0 Å². The fourth-order valence-corrected chi connectivity index (χ4v) is 3.01. The van der Waals surface area contributed by atoms with Gasteiger partial charge in [-0.1, -0.05) is 25.8 Å². The van der Waals surface area contributed by atoms with Crippen molar-refractivity contribution in [3.05, 3.63) is 30.1 Å². The lowest BCUT2D eigenvalue weighted by Crippen LogP contribution is -2.37. The van der Waals surface area contributed by atoms with Crippen molar-refractivity contribution in [2.75, 3.05) is 13.1 Å². The number of pyridine rings is 1. The summed E-state index contributed by atoms with van der Waals surface area (Å²) in [5.41, 5.74) is 1.20. The van der Waals surface area contributed by atoms with Gasteiger partial charge in [-0.3, -0.25) is 14.7 Å². The molecule has 0 saturated heterocycles. The molecule has 1 saturated carbocycles. The van der Waals surface area contributed by atoms with Crippen LogP contribution >= 0.6 is 0 Å². The highest BCUT2D eigenvalue weighted by atomic mass is 16.4. The molecule has 19 heavy (non-hydrogen) atoms. The third-order valence-electron chi connectivity index (χ3n) is 3.89. The second-order valence-electron chi connectivity index (χ2n) is 5.88. The van der Waals surface area contributed by atoms with Gasteiger partial charge in [0.15, 0.2) is 0 Å². The Morgan fingerprint density at radius 3 is 2.74 bits per heavy atom. The molecule has 1 aromatic rings. The van der Waals surface area contributed by atoms with Crippen LogP contribution in [0.1, 0.15) is 38.3 Å². The number of aromatic nitrogens is 1. The van der Waals surface area contributed by atoms with Gasteiger partial charge in [-0.2, -0.15) is 0 Å². The molecule has 0 bridgehead atoms. The van der Waals surface area contributed by atoms with Gasteiger partial charge in [0.25, 0.3) is 0 Å². The van der Waals surface area contributed by atoms with Crippen molar-refractivity contribution >= 4 is 5.97 Å². The van der Waals surface area contributed by atoms with Crippen molar-refractivity contribution in [1.29, 1.82) is 0 Å². The first-order valence-corrected chi connectivity index (χ1v) is 6.91. The van der Waals surface area contributed by atoms with E-state index in [-0.39, 0.29) is 12.0 Å². The zero-order valence-corrected chi connectivity index (χ0v) is 11.5. The largest absolute Gasteiger partial charge is 0.480 e. The summed E-state index contributed by atoms with van der Waals surface area (Å²) < 4.78 is 0. The molecule has 0 spiro atoms. The summed E-state index contributed by atoms with van der Waals surface area (Å²) in [6.45, 7) is 3.82. The number of hydrogen-bond donors (Lipinski definition) is 1. The van der Waals surface area contributed by atoms with Gasteiger partial charge in [0, 0.05) is 19.3 Å². The molecule has 1 N–H and O–H groups in total. The van der Waals surface area contributed by atoms with Gasteiger partial charge < -0.3 is 5.11 Å². The Labute approximate surface area is 114 Å². The van der Waals surface area contributed by atoms with Crippen molar-refractivity contribution in [3.8, 4) is 0 Å².